The van der Waals surface area contributed by atoms with Gasteiger partial charge in [-0.2, -0.15) is 18.3 Å². The van der Waals surface area contributed by atoms with Crippen LogP contribution in [0.1, 0.15) is 16.7 Å². The van der Waals surface area contributed by atoms with E-state index < -0.39 is 29.2 Å². The lowest BCUT2D eigenvalue weighted by Gasteiger charge is -2.15. The number of hydrogen-bond donors (Lipinski definition) is 2. The molecular formula is C21H19F3N4O3. The Morgan fingerprint density at radius 3 is 2.52 bits per heavy atom. The lowest BCUT2D eigenvalue weighted by atomic mass is 10.1. The van der Waals surface area contributed by atoms with E-state index in [2.05, 4.69) is 10.4 Å². The smallest absolute Gasteiger partial charge is 0.418 e. The predicted molar refractivity (Wildman–Crippen MR) is 107 cm³/mol. The van der Waals surface area contributed by atoms with Crippen LogP contribution in [0.15, 0.2) is 54.9 Å². The molecule has 0 bridgehead atoms. The average molecular weight is 432 g/mol. The van der Waals surface area contributed by atoms with Crippen molar-refractivity contribution in [2.75, 3.05) is 12.4 Å². The first-order chi connectivity index (χ1) is 14.7. The minimum absolute atomic E-state index is 0.0292. The van der Waals surface area contributed by atoms with Crippen molar-refractivity contribution in [3.8, 4) is 11.4 Å². The van der Waals surface area contributed by atoms with Crippen molar-refractivity contribution in [1.29, 1.82) is 0 Å². The number of halogens is 3. The first-order valence-electron chi connectivity index (χ1n) is 9.13. The Labute approximate surface area is 175 Å². The summed E-state index contributed by atoms with van der Waals surface area (Å²) in [5.74, 6) is -1.59. The van der Waals surface area contributed by atoms with Gasteiger partial charge in [0.05, 0.1) is 24.0 Å². The molecule has 1 aromatic heterocycles. The molecule has 2 amide bonds. The maximum atomic E-state index is 13.5. The molecule has 31 heavy (non-hydrogen) atoms. The first-order valence-corrected chi connectivity index (χ1v) is 9.13. The van der Waals surface area contributed by atoms with Gasteiger partial charge in [-0.25, -0.2) is 4.68 Å². The SMILES string of the molecule is COc1ccc(CNC(=O)C(=O)Nc2ccc(-n3cccn3)cc2C(F)(F)F)cc1C. The third-order valence-electron chi connectivity index (χ3n) is 4.44. The highest BCUT2D eigenvalue weighted by Gasteiger charge is 2.35. The zero-order chi connectivity index (χ0) is 22.6. The topological polar surface area (TPSA) is 85.2 Å². The van der Waals surface area contributed by atoms with Crippen LogP contribution in [0.5, 0.6) is 5.75 Å². The standard InChI is InChI=1S/C21H19F3N4O3/c1-13-10-14(4-7-18(13)31-2)12-25-19(29)20(30)27-17-6-5-15(28-9-3-8-26-28)11-16(17)21(22,23)24/h3-11H,12H2,1-2H3,(H,25,29)(H,27,30). The average Bonchev–Trinajstić information content (AvgIpc) is 3.26. The molecule has 1 heterocycles. The highest BCUT2D eigenvalue weighted by atomic mass is 19.4. The second kappa shape index (κ2) is 8.90. The quantitative estimate of drug-likeness (QED) is 0.605. The Balaban J connectivity index is 1.71. The number of carbonyl (C=O) groups is 2. The monoisotopic (exact) mass is 432 g/mol. The molecule has 0 aliphatic heterocycles. The van der Waals surface area contributed by atoms with Gasteiger partial charge in [-0.1, -0.05) is 12.1 Å². The molecule has 2 aromatic carbocycles. The molecule has 0 atom stereocenters. The maximum Gasteiger partial charge on any atom is 0.418 e. The van der Waals surface area contributed by atoms with Crippen molar-refractivity contribution in [3.63, 3.8) is 0 Å². The van der Waals surface area contributed by atoms with E-state index in [1.807, 2.05) is 12.2 Å². The van der Waals surface area contributed by atoms with E-state index in [1.54, 1.807) is 24.3 Å². The Morgan fingerprint density at radius 2 is 1.90 bits per heavy atom. The Bertz CT molecular complexity index is 1100. The van der Waals surface area contributed by atoms with Gasteiger partial charge >= 0.3 is 18.0 Å². The number of rotatable bonds is 5. The van der Waals surface area contributed by atoms with E-state index in [1.165, 1.54) is 30.3 Å². The molecule has 0 aliphatic rings. The number of amides is 2. The molecule has 2 N–H and O–H groups in total. The van der Waals surface area contributed by atoms with Crippen LogP contribution in [0.3, 0.4) is 0 Å². The molecule has 0 aliphatic carbocycles. The molecule has 0 fully saturated rings. The molecular weight excluding hydrogens is 413 g/mol. The van der Waals surface area contributed by atoms with E-state index in [0.717, 1.165) is 17.7 Å². The van der Waals surface area contributed by atoms with Crippen molar-refractivity contribution in [3.05, 3.63) is 71.5 Å². The summed E-state index contributed by atoms with van der Waals surface area (Å²) in [4.78, 5) is 24.3. The van der Waals surface area contributed by atoms with Gasteiger partial charge < -0.3 is 15.4 Å². The van der Waals surface area contributed by atoms with Crippen LogP contribution in [-0.2, 0) is 22.3 Å². The summed E-state index contributed by atoms with van der Waals surface area (Å²) in [7, 11) is 1.53. The van der Waals surface area contributed by atoms with E-state index in [0.29, 0.717) is 11.3 Å². The second-order valence-corrected chi connectivity index (χ2v) is 6.62. The minimum atomic E-state index is -4.75. The number of aryl methyl sites for hydroxylation is 1. The number of nitrogens with one attached hydrogen (secondary N) is 2. The summed E-state index contributed by atoms with van der Waals surface area (Å²) in [6.07, 6.45) is -1.83. The number of anilines is 1. The fourth-order valence-electron chi connectivity index (χ4n) is 2.93. The number of aromatic nitrogens is 2. The van der Waals surface area contributed by atoms with E-state index >= 15 is 0 Å². The normalized spacial score (nSPS) is 11.1. The summed E-state index contributed by atoms with van der Waals surface area (Å²) in [5.41, 5.74) is 0.0933. The summed E-state index contributed by atoms with van der Waals surface area (Å²) in [6.45, 7) is 1.85. The fourth-order valence-corrected chi connectivity index (χ4v) is 2.93. The number of methoxy groups -OCH3 is 1. The van der Waals surface area contributed by atoms with Crippen LogP contribution in [0.2, 0.25) is 0 Å². The molecule has 0 spiro atoms. The van der Waals surface area contributed by atoms with Gasteiger partial charge in [0, 0.05) is 18.9 Å². The fraction of sp³-hybridized carbons (Fsp3) is 0.190. The molecule has 10 heteroatoms. The minimum Gasteiger partial charge on any atom is -0.496 e. The number of hydrogen-bond acceptors (Lipinski definition) is 4. The Kier molecular flexibility index (Phi) is 6.28. The largest absolute Gasteiger partial charge is 0.496 e. The van der Waals surface area contributed by atoms with Gasteiger partial charge in [-0.15, -0.1) is 0 Å². The van der Waals surface area contributed by atoms with Gasteiger partial charge in [0.25, 0.3) is 0 Å². The van der Waals surface area contributed by atoms with E-state index in [-0.39, 0.29) is 12.2 Å². The molecule has 7 nitrogen and oxygen atoms in total. The van der Waals surface area contributed by atoms with Gasteiger partial charge in [0.2, 0.25) is 0 Å². The van der Waals surface area contributed by atoms with Crippen LogP contribution in [-0.4, -0.2) is 28.7 Å². The number of nitrogens with zero attached hydrogens (tertiary/aromatic N) is 2. The number of ether oxygens (including phenoxy) is 1. The lowest BCUT2D eigenvalue weighted by molar-refractivity contribution is -0.138. The molecule has 0 radical (unpaired) electrons. The Hall–Kier alpha value is -3.82. The predicted octanol–water partition coefficient (Wildman–Crippen LogP) is 3.46. The zero-order valence-corrected chi connectivity index (χ0v) is 16.7. The molecule has 162 valence electrons. The highest BCUT2D eigenvalue weighted by molar-refractivity contribution is 6.39. The first kappa shape index (κ1) is 21.9. The molecule has 3 aromatic rings. The summed E-state index contributed by atoms with van der Waals surface area (Å²) in [5, 5.41) is 8.31. The third-order valence-corrected chi connectivity index (χ3v) is 4.44. The van der Waals surface area contributed by atoms with Crippen molar-refractivity contribution >= 4 is 17.5 Å². The lowest BCUT2D eigenvalue weighted by Crippen LogP contribution is -2.35. The molecule has 0 unspecified atom stereocenters. The molecule has 3 rings (SSSR count). The summed E-state index contributed by atoms with van der Waals surface area (Å²) < 4.78 is 46.9. The number of benzene rings is 2. The van der Waals surface area contributed by atoms with Gasteiger partial charge in [0.15, 0.2) is 0 Å². The van der Waals surface area contributed by atoms with Crippen LogP contribution in [0.4, 0.5) is 18.9 Å². The maximum absolute atomic E-state index is 13.5. The van der Waals surface area contributed by atoms with Crippen molar-refractivity contribution < 1.29 is 27.5 Å². The van der Waals surface area contributed by atoms with Gasteiger partial charge in [0.1, 0.15) is 5.75 Å². The Morgan fingerprint density at radius 1 is 1.13 bits per heavy atom. The zero-order valence-electron chi connectivity index (χ0n) is 16.7. The summed E-state index contributed by atoms with van der Waals surface area (Å²) in [6, 6.07) is 10.0. The number of carbonyl (C=O) groups excluding carboxylic acids is 2. The number of alkyl halides is 3. The third kappa shape index (κ3) is 5.21. The van der Waals surface area contributed by atoms with Crippen LogP contribution in [0, 0.1) is 6.92 Å². The summed E-state index contributed by atoms with van der Waals surface area (Å²) >= 11 is 0. The van der Waals surface area contributed by atoms with Gasteiger partial charge in [-0.05, 0) is 48.4 Å². The van der Waals surface area contributed by atoms with Crippen LogP contribution >= 0.6 is 0 Å². The van der Waals surface area contributed by atoms with Crippen LogP contribution in [0.25, 0.3) is 5.69 Å². The van der Waals surface area contributed by atoms with E-state index in [4.69, 9.17) is 4.74 Å². The van der Waals surface area contributed by atoms with E-state index in [9.17, 15) is 22.8 Å². The highest BCUT2D eigenvalue weighted by Crippen LogP contribution is 2.36. The molecule has 0 saturated heterocycles. The van der Waals surface area contributed by atoms with Gasteiger partial charge in [-0.3, -0.25) is 9.59 Å². The van der Waals surface area contributed by atoms with Crippen molar-refractivity contribution in [1.82, 2.24) is 15.1 Å². The van der Waals surface area contributed by atoms with Crippen molar-refractivity contribution in [2.45, 2.75) is 19.6 Å². The van der Waals surface area contributed by atoms with Crippen LogP contribution < -0.4 is 15.4 Å². The van der Waals surface area contributed by atoms with Crippen molar-refractivity contribution in [2.24, 2.45) is 0 Å². The molecule has 0 saturated carbocycles. The second-order valence-electron chi connectivity index (χ2n) is 6.62.